The normalized spacial score (nSPS) is 22.4. The van der Waals surface area contributed by atoms with Crippen LogP contribution in [0.2, 0.25) is 0 Å². The van der Waals surface area contributed by atoms with Gasteiger partial charge in [-0.3, -0.25) is 14.7 Å². The Balaban J connectivity index is 1.94. The van der Waals surface area contributed by atoms with E-state index in [0.717, 1.165) is 24.9 Å². The molecule has 0 N–H and O–H groups in total. The zero-order valence-corrected chi connectivity index (χ0v) is 11.0. The number of hydrogen-bond acceptors (Lipinski definition) is 4. The Labute approximate surface area is 108 Å². The van der Waals surface area contributed by atoms with Crippen molar-refractivity contribution < 1.29 is 9.53 Å². The smallest absolute Gasteiger partial charge is 0.323 e. The lowest BCUT2D eigenvalue weighted by Gasteiger charge is -2.31. The minimum absolute atomic E-state index is 0.0853. The van der Waals surface area contributed by atoms with E-state index in [1.165, 1.54) is 6.42 Å². The Morgan fingerprint density at radius 2 is 2.39 bits per heavy atom. The number of nitrogens with zero attached hydrogens (tertiary/aromatic N) is 2. The molecule has 1 aromatic rings. The predicted molar refractivity (Wildman–Crippen MR) is 69.0 cm³/mol. The molecule has 1 saturated heterocycles. The topological polar surface area (TPSA) is 42.4 Å². The summed E-state index contributed by atoms with van der Waals surface area (Å²) in [6, 6.07) is 3.69. The molecule has 98 valence electrons. The van der Waals surface area contributed by atoms with Gasteiger partial charge in [0.05, 0.1) is 0 Å². The minimum atomic E-state index is -0.235. The standard InChI is InChI=1S/C14H20N2O2/c1-11(12-6-5-8-15-10-12)18-14(17)13-7-3-4-9-16(13)2/h5-6,8,10-11,13H,3-4,7,9H2,1-2H3/t11-,13-/m0/s1. The van der Waals surface area contributed by atoms with Crippen LogP contribution in [-0.2, 0) is 9.53 Å². The van der Waals surface area contributed by atoms with E-state index in [0.29, 0.717) is 0 Å². The van der Waals surface area contributed by atoms with Crippen molar-refractivity contribution in [2.24, 2.45) is 0 Å². The maximum absolute atomic E-state index is 12.1. The highest BCUT2D eigenvalue weighted by Crippen LogP contribution is 2.21. The van der Waals surface area contributed by atoms with Gasteiger partial charge in [0.25, 0.3) is 0 Å². The maximum atomic E-state index is 12.1. The van der Waals surface area contributed by atoms with Crippen molar-refractivity contribution in [1.82, 2.24) is 9.88 Å². The first-order valence-corrected chi connectivity index (χ1v) is 6.49. The molecule has 1 fully saturated rings. The summed E-state index contributed by atoms with van der Waals surface area (Å²) < 4.78 is 5.53. The van der Waals surface area contributed by atoms with Gasteiger partial charge in [0.1, 0.15) is 12.1 Å². The van der Waals surface area contributed by atoms with Gasteiger partial charge in [0.2, 0.25) is 0 Å². The lowest BCUT2D eigenvalue weighted by molar-refractivity contribution is -0.155. The first-order valence-electron chi connectivity index (χ1n) is 6.49. The van der Waals surface area contributed by atoms with Crippen molar-refractivity contribution in [3.05, 3.63) is 30.1 Å². The molecule has 0 aromatic carbocycles. The molecule has 4 nitrogen and oxygen atoms in total. The van der Waals surface area contributed by atoms with E-state index in [-0.39, 0.29) is 18.1 Å². The lowest BCUT2D eigenvalue weighted by Crippen LogP contribution is -2.43. The Morgan fingerprint density at radius 3 is 3.06 bits per heavy atom. The van der Waals surface area contributed by atoms with E-state index in [9.17, 15) is 4.79 Å². The highest BCUT2D eigenvalue weighted by Gasteiger charge is 2.28. The lowest BCUT2D eigenvalue weighted by atomic mass is 10.0. The van der Waals surface area contributed by atoms with Crippen LogP contribution in [0, 0.1) is 0 Å². The van der Waals surface area contributed by atoms with Crippen LogP contribution in [0.4, 0.5) is 0 Å². The molecule has 0 aliphatic carbocycles. The number of piperidine rings is 1. The van der Waals surface area contributed by atoms with E-state index in [1.807, 2.05) is 26.1 Å². The molecule has 0 unspecified atom stereocenters. The molecular formula is C14H20N2O2. The zero-order valence-electron chi connectivity index (χ0n) is 11.0. The summed E-state index contributed by atoms with van der Waals surface area (Å²) in [5, 5.41) is 0. The van der Waals surface area contributed by atoms with Gasteiger partial charge < -0.3 is 4.74 Å². The number of ether oxygens (including phenoxy) is 1. The van der Waals surface area contributed by atoms with Crippen molar-refractivity contribution in [2.75, 3.05) is 13.6 Å². The summed E-state index contributed by atoms with van der Waals surface area (Å²) >= 11 is 0. The predicted octanol–water partition coefficient (Wildman–Crippen LogP) is 2.17. The number of likely N-dealkylation sites (tertiary alicyclic amines) is 1. The molecule has 1 aliphatic heterocycles. The van der Waals surface area contributed by atoms with Crippen LogP contribution < -0.4 is 0 Å². The fourth-order valence-corrected chi connectivity index (χ4v) is 2.31. The van der Waals surface area contributed by atoms with Gasteiger partial charge in [-0.05, 0) is 39.4 Å². The molecule has 0 bridgehead atoms. The zero-order chi connectivity index (χ0) is 13.0. The van der Waals surface area contributed by atoms with Crippen LogP contribution in [0.1, 0.15) is 37.9 Å². The maximum Gasteiger partial charge on any atom is 0.323 e. The van der Waals surface area contributed by atoms with Crippen molar-refractivity contribution in [1.29, 1.82) is 0 Å². The summed E-state index contributed by atoms with van der Waals surface area (Å²) in [6.45, 7) is 2.86. The number of pyridine rings is 1. The Kier molecular flexibility index (Phi) is 4.31. The highest BCUT2D eigenvalue weighted by molar-refractivity contribution is 5.76. The third kappa shape index (κ3) is 3.07. The van der Waals surface area contributed by atoms with E-state index in [2.05, 4.69) is 9.88 Å². The molecule has 2 heterocycles. The first-order chi connectivity index (χ1) is 8.68. The summed E-state index contributed by atoms with van der Waals surface area (Å²) in [4.78, 5) is 18.2. The number of esters is 1. The summed E-state index contributed by atoms with van der Waals surface area (Å²) in [5.41, 5.74) is 0.935. The van der Waals surface area contributed by atoms with Gasteiger partial charge in [0.15, 0.2) is 0 Å². The summed E-state index contributed by atoms with van der Waals surface area (Å²) in [7, 11) is 1.99. The third-order valence-corrected chi connectivity index (χ3v) is 3.49. The van der Waals surface area contributed by atoms with Crippen LogP contribution in [0.25, 0.3) is 0 Å². The number of aromatic nitrogens is 1. The second-order valence-electron chi connectivity index (χ2n) is 4.86. The van der Waals surface area contributed by atoms with E-state index >= 15 is 0 Å². The van der Waals surface area contributed by atoms with Crippen LogP contribution in [0.15, 0.2) is 24.5 Å². The molecule has 2 atom stereocenters. The van der Waals surface area contributed by atoms with Crippen molar-refractivity contribution in [3.8, 4) is 0 Å². The first kappa shape index (κ1) is 13.0. The highest BCUT2D eigenvalue weighted by atomic mass is 16.5. The molecule has 0 spiro atoms. The van der Waals surface area contributed by atoms with Crippen molar-refractivity contribution in [3.63, 3.8) is 0 Å². The van der Waals surface area contributed by atoms with Crippen molar-refractivity contribution in [2.45, 2.75) is 38.3 Å². The summed E-state index contributed by atoms with van der Waals surface area (Å²) in [6.07, 6.45) is 6.38. The summed E-state index contributed by atoms with van der Waals surface area (Å²) in [5.74, 6) is -0.117. The number of hydrogen-bond donors (Lipinski definition) is 0. The van der Waals surface area contributed by atoms with Crippen LogP contribution >= 0.6 is 0 Å². The van der Waals surface area contributed by atoms with Crippen LogP contribution in [0.3, 0.4) is 0 Å². The van der Waals surface area contributed by atoms with E-state index < -0.39 is 0 Å². The average molecular weight is 248 g/mol. The molecule has 18 heavy (non-hydrogen) atoms. The molecular weight excluding hydrogens is 228 g/mol. The second-order valence-corrected chi connectivity index (χ2v) is 4.86. The van der Waals surface area contributed by atoms with Gasteiger partial charge in [-0.15, -0.1) is 0 Å². The van der Waals surface area contributed by atoms with Gasteiger partial charge in [-0.25, -0.2) is 0 Å². The Bertz CT molecular complexity index is 394. The fraction of sp³-hybridized carbons (Fsp3) is 0.571. The van der Waals surface area contributed by atoms with Gasteiger partial charge in [0, 0.05) is 18.0 Å². The quantitative estimate of drug-likeness (QED) is 0.769. The molecule has 1 aromatic heterocycles. The van der Waals surface area contributed by atoms with Crippen molar-refractivity contribution >= 4 is 5.97 Å². The molecule has 2 rings (SSSR count). The molecule has 0 amide bonds. The largest absolute Gasteiger partial charge is 0.457 e. The van der Waals surface area contributed by atoms with Gasteiger partial charge >= 0.3 is 5.97 Å². The third-order valence-electron chi connectivity index (χ3n) is 3.49. The Hall–Kier alpha value is -1.42. The molecule has 4 heteroatoms. The molecule has 0 radical (unpaired) electrons. The van der Waals surface area contributed by atoms with Gasteiger partial charge in [-0.2, -0.15) is 0 Å². The monoisotopic (exact) mass is 248 g/mol. The Morgan fingerprint density at radius 1 is 1.56 bits per heavy atom. The van der Waals surface area contributed by atoms with Gasteiger partial charge in [-0.1, -0.05) is 12.5 Å². The number of likely N-dealkylation sites (N-methyl/N-ethyl adjacent to an activating group) is 1. The second kappa shape index (κ2) is 5.96. The average Bonchev–Trinajstić information content (AvgIpc) is 2.40. The van der Waals surface area contributed by atoms with E-state index in [1.54, 1.807) is 12.4 Å². The number of carbonyl (C=O) groups excluding carboxylic acids is 1. The SMILES string of the molecule is C[C@H](OC(=O)[C@@H]1CCCCN1C)c1cccnc1. The minimum Gasteiger partial charge on any atom is -0.457 e. The fourth-order valence-electron chi connectivity index (χ4n) is 2.31. The number of carbonyl (C=O) groups is 1. The number of rotatable bonds is 3. The van der Waals surface area contributed by atoms with Crippen LogP contribution in [0.5, 0.6) is 0 Å². The van der Waals surface area contributed by atoms with Crippen LogP contribution in [-0.4, -0.2) is 35.5 Å². The molecule has 1 aliphatic rings. The molecule has 0 saturated carbocycles. The van der Waals surface area contributed by atoms with E-state index in [4.69, 9.17) is 4.74 Å².